The van der Waals surface area contributed by atoms with E-state index in [-0.39, 0.29) is 11.9 Å². The molecule has 3 aromatic heterocycles. The zero-order chi connectivity index (χ0) is 27.5. The average molecular weight is 515 g/mol. The van der Waals surface area contributed by atoms with Crippen LogP contribution < -0.4 is 5.73 Å². The van der Waals surface area contributed by atoms with E-state index in [1.165, 1.54) is 29.6 Å². The van der Waals surface area contributed by atoms with E-state index in [1.807, 2.05) is 29.7 Å². The molecule has 3 heterocycles. The Morgan fingerprint density at radius 1 is 1.18 bits per heavy atom. The van der Waals surface area contributed by atoms with Gasteiger partial charge in [0.1, 0.15) is 17.8 Å². The van der Waals surface area contributed by atoms with Gasteiger partial charge in [0, 0.05) is 30.5 Å². The fourth-order valence-electron chi connectivity index (χ4n) is 4.06. The first-order chi connectivity index (χ1) is 18.3. The first kappa shape index (κ1) is 28.9. The lowest BCUT2D eigenvalue weighted by atomic mass is 10.1. The lowest BCUT2D eigenvalue weighted by molar-refractivity contribution is 0.327. The number of nitrogens with two attached hydrogens (primary N) is 1. The summed E-state index contributed by atoms with van der Waals surface area (Å²) in [7, 11) is 2.12. The molecule has 0 radical (unpaired) electrons. The molecule has 2 N–H and O–H groups in total. The zero-order valence-electron chi connectivity index (χ0n) is 22.9. The zero-order valence-corrected chi connectivity index (χ0v) is 22.9. The molecule has 6 nitrogen and oxygen atoms in total. The molecule has 0 fully saturated rings. The van der Waals surface area contributed by atoms with Crippen molar-refractivity contribution in [2.24, 2.45) is 5.73 Å². The van der Waals surface area contributed by atoms with E-state index >= 15 is 0 Å². The SMILES string of the molecule is C=CCC/C=C(\C)[C@H](C)N.CCCN(C)Cc1ccn2c(-c3ccncn3)c(-c3ccc(F)cc3)nc2c1. The second-order valence-electron chi connectivity index (χ2n) is 9.51. The molecule has 0 aliphatic heterocycles. The molecule has 1 aromatic carbocycles. The smallest absolute Gasteiger partial charge is 0.138 e. The number of allylic oxidation sites excluding steroid dienone is 2. The molecule has 4 aromatic rings. The van der Waals surface area contributed by atoms with Gasteiger partial charge in [0.25, 0.3) is 0 Å². The maximum absolute atomic E-state index is 13.4. The van der Waals surface area contributed by atoms with E-state index < -0.39 is 0 Å². The second kappa shape index (κ2) is 14.3. The molecule has 38 heavy (non-hydrogen) atoms. The van der Waals surface area contributed by atoms with Crippen molar-refractivity contribution in [2.75, 3.05) is 13.6 Å². The number of benzene rings is 1. The highest BCUT2D eigenvalue weighted by Crippen LogP contribution is 2.32. The normalized spacial score (nSPS) is 12.3. The van der Waals surface area contributed by atoms with Crippen molar-refractivity contribution in [2.45, 2.75) is 52.6 Å². The number of imidazole rings is 1. The van der Waals surface area contributed by atoms with Gasteiger partial charge in [-0.3, -0.25) is 4.40 Å². The van der Waals surface area contributed by atoms with Crippen molar-refractivity contribution in [1.82, 2.24) is 24.3 Å². The minimum absolute atomic E-state index is 0.199. The summed E-state index contributed by atoms with van der Waals surface area (Å²) in [6, 6.07) is 12.7. The van der Waals surface area contributed by atoms with Crippen LogP contribution in [-0.2, 0) is 6.54 Å². The summed E-state index contributed by atoms with van der Waals surface area (Å²) >= 11 is 0. The number of aromatic nitrogens is 4. The summed E-state index contributed by atoms with van der Waals surface area (Å²) in [5.74, 6) is -0.266. The van der Waals surface area contributed by atoms with Crippen LogP contribution in [-0.4, -0.2) is 43.9 Å². The van der Waals surface area contributed by atoms with E-state index in [0.717, 1.165) is 60.6 Å². The summed E-state index contributed by atoms with van der Waals surface area (Å²) in [4.78, 5) is 15.6. The van der Waals surface area contributed by atoms with Gasteiger partial charge in [0.05, 0.1) is 17.1 Å². The van der Waals surface area contributed by atoms with E-state index in [9.17, 15) is 4.39 Å². The first-order valence-electron chi connectivity index (χ1n) is 13.1. The molecule has 0 amide bonds. The Kier molecular flexibility index (Phi) is 10.9. The van der Waals surface area contributed by atoms with Crippen molar-refractivity contribution >= 4 is 5.65 Å². The van der Waals surface area contributed by atoms with Crippen LogP contribution in [0, 0.1) is 5.82 Å². The number of pyridine rings is 1. The van der Waals surface area contributed by atoms with Crippen LogP contribution >= 0.6 is 0 Å². The van der Waals surface area contributed by atoms with Gasteiger partial charge in [0.15, 0.2) is 0 Å². The largest absolute Gasteiger partial charge is 0.324 e. The van der Waals surface area contributed by atoms with E-state index in [0.29, 0.717) is 0 Å². The van der Waals surface area contributed by atoms with Gasteiger partial charge >= 0.3 is 0 Å². The van der Waals surface area contributed by atoms with Gasteiger partial charge in [-0.15, -0.1) is 6.58 Å². The van der Waals surface area contributed by atoms with E-state index in [4.69, 9.17) is 10.7 Å². The number of rotatable bonds is 10. The summed E-state index contributed by atoms with van der Waals surface area (Å²) in [5.41, 5.74) is 12.2. The molecule has 200 valence electrons. The molecule has 0 spiro atoms. The Morgan fingerprint density at radius 3 is 2.58 bits per heavy atom. The lowest BCUT2D eigenvalue weighted by Crippen LogP contribution is -2.18. The van der Waals surface area contributed by atoms with Gasteiger partial charge in [0.2, 0.25) is 0 Å². The molecule has 0 saturated heterocycles. The Balaban J connectivity index is 0.000000342. The summed E-state index contributed by atoms with van der Waals surface area (Å²) in [6.45, 7) is 11.8. The fourth-order valence-corrected chi connectivity index (χ4v) is 4.06. The third kappa shape index (κ3) is 7.91. The van der Waals surface area contributed by atoms with E-state index in [1.54, 1.807) is 18.3 Å². The maximum atomic E-state index is 13.4. The summed E-state index contributed by atoms with van der Waals surface area (Å²) < 4.78 is 15.4. The van der Waals surface area contributed by atoms with Crippen LogP contribution in [0.3, 0.4) is 0 Å². The third-order valence-electron chi connectivity index (χ3n) is 6.25. The molecule has 1 atom stereocenters. The van der Waals surface area contributed by atoms with Crippen LogP contribution in [0.15, 0.2) is 85.5 Å². The Labute approximate surface area is 225 Å². The van der Waals surface area contributed by atoms with Gasteiger partial charge in [-0.25, -0.2) is 19.3 Å². The second-order valence-corrected chi connectivity index (χ2v) is 9.51. The average Bonchev–Trinajstić information content (AvgIpc) is 3.29. The lowest BCUT2D eigenvalue weighted by Gasteiger charge is -2.15. The predicted molar refractivity (Wildman–Crippen MR) is 155 cm³/mol. The number of hydrogen-bond donors (Lipinski definition) is 1. The first-order valence-corrected chi connectivity index (χ1v) is 13.1. The third-order valence-corrected chi connectivity index (χ3v) is 6.25. The minimum atomic E-state index is -0.266. The molecular formula is C31H39FN6. The van der Waals surface area contributed by atoms with Crippen LogP contribution in [0.4, 0.5) is 4.39 Å². The van der Waals surface area contributed by atoms with Crippen LogP contribution in [0.5, 0.6) is 0 Å². The highest BCUT2D eigenvalue weighted by Gasteiger charge is 2.17. The number of fused-ring (bicyclic) bond motifs is 1. The molecule has 0 bridgehead atoms. The van der Waals surface area contributed by atoms with Crippen molar-refractivity contribution in [3.63, 3.8) is 0 Å². The minimum Gasteiger partial charge on any atom is -0.324 e. The highest BCUT2D eigenvalue weighted by atomic mass is 19.1. The van der Waals surface area contributed by atoms with Crippen LogP contribution in [0.1, 0.15) is 45.6 Å². The van der Waals surface area contributed by atoms with Gasteiger partial charge in [-0.05, 0) is 94.7 Å². The Hall–Kier alpha value is -3.68. The monoisotopic (exact) mass is 514 g/mol. The number of unbranched alkanes of at least 4 members (excludes halogenated alkanes) is 1. The Morgan fingerprint density at radius 2 is 1.95 bits per heavy atom. The molecule has 0 saturated carbocycles. The van der Waals surface area contributed by atoms with Gasteiger partial charge in [-0.1, -0.05) is 24.6 Å². The molecule has 0 aliphatic rings. The molecular weight excluding hydrogens is 475 g/mol. The standard InChI is InChI=1S/C22H22FN5.C9H17N/c1-3-11-27(2)14-16-9-12-28-20(13-16)26-21(17-4-6-18(23)7-5-17)22(28)19-8-10-24-15-25-19;1-4-5-6-7-8(2)9(3)10/h4-10,12-13,15H,3,11,14H2,1-2H3;4,7,9H,1,5-6,10H2,2-3H3/b;8-7+/t;9-/m.0/s1. The fraction of sp³-hybridized carbons (Fsp3) is 0.323. The summed E-state index contributed by atoms with van der Waals surface area (Å²) in [6.07, 6.45) is 12.6. The van der Waals surface area contributed by atoms with Crippen molar-refractivity contribution in [3.05, 3.63) is 96.9 Å². The topological polar surface area (TPSA) is 72.3 Å². The quantitative estimate of drug-likeness (QED) is 0.189. The van der Waals surface area contributed by atoms with Crippen molar-refractivity contribution < 1.29 is 4.39 Å². The maximum Gasteiger partial charge on any atom is 0.138 e. The number of hydrogen-bond acceptors (Lipinski definition) is 5. The number of halogens is 1. The van der Waals surface area contributed by atoms with Crippen molar-refractivity contribution in [3.8, 4) is 22.6 Å². The van der Waals surface area contributed by atoms with Crippen LogP contribution in [0.25, 0.3) is 28.3 Å². The molecule has 7 heteroatoms. The predicted octanol–water partition coefficient (Wildman–Crippen LogP) is 6.69. The van der Waals surface area contributed by atoms with Crippen molar-refractivity contribution in [1.29, 1.82) is 0 Å². The van der Waals surface area contributed by atoms with E-state index in [2.05, 4.69) is 60.6 Å². The highest BCUT2D eigenvalue weighted by molar-refractivity contribution is 5.80. The van der Waals surface area contributed by atoms with Gasteiger partial charge < -0.3 is 10.6 Å². The molecule has 0 aliphatic carbocycles. The molecule has 0 unspecified atom stereocenters. The van der Waals surface area contributed by atoms with Gasteiger partial charge in [-0.2, -0.15) is 0 Å². The summed E-state index contributed by atoms with van der Waals surface area (Å²) in [5, 5.41) is 0. The molecule has 4 rings (SSSR count). The number of nitrogens with zero attached hydrogens (tertiary/aromatic N) is 5. The van der Waals surface area contributed by atoms with Crippen LogP contribution in [0.2, 0.25) is 0 Å². The Bertz CT molecular complexity index is 1330.